The van der Waals surface area contributed by atoms with E-state index in [2.05, 4.69) is 18.2 Å². The SMILES string of the molecule is CC(O)(C/C=C/[C@H]1[C@H]2CC(CCCCC(=O)O)=C[C@H]2C[C@H]1O)C1CCCCC1. The second-order valence-electron chi connectivity index (χ2n) is 9.66. The summed E-state index contributed by atoms with van der Waals surface area (Å²) in [5, 5.41) is 30.2. The molecular formula is C24H38O4. The summed E-state index contributed by atoms with van der Waals surface area (Å²) in [6, 6.07) is 0. The van der Waals surface area contributed by atoms with E-state index in [9.17, 15) is 15.0 Å². The summed E-state index contributed by atoms with van der Waals surface area (Å²) in [4.78, 5) is 10.6. The van der Waals surface area contributed by atoms with Crippen molar-refractivity contribution in [3.8, 4) is 0 Å². The number of hydrogen-bond donors (Lipinski definition) is 3. The van der Waals surface area contributed by atoms with Crippen molar-refractivity contribution in [2.24, 2.45) is 23.7 Å². The van der Waals surface area contributed by atoms with Crippen molar-refractivity contribution >= 4 is 5.97 Å². The highest BCUT2D eigenvalue weighted by molar-refractivity contribution is 5.66. The van der Waals surface area contributed by atoms with E-state index in [1.807, 2.05) is 6.92 Å². The van der Waals surface area contributed by atoms with Gasteiger partial charge >= 0.3 is 5.97 Å². The average molecular weight is 391 g/mol. The van der Waals surface area contributed by atoms with Gasteiger partial charge in [0, 0.05) is 12.3 Å². The number of fused-ring (bicyclic) bond motifs is 1. The molecule has 0 heterocycles. The van der Waals surface area contributed by atoms with E-state index in [4.69, 9.17) is 5.11 Å². The summed E-state index contributed by atoms with van der Waals surface area (Å²) in [7, 11) is 0. The summed E-state index contributed by atoms with van der Waals surface area (Å²) in [5.41, 5.74) is 0.809. The fourth-order valence-corrected chi connectivity index (χ4v) is 5.77. The van der Waals surface area contributed by atoms with Crippen molar-refractivity contribution in [3.63, 3.8) is 0 Å². The van der Waals surface area contributed by atoms with Gasteiger partial charge in [0.1, 0.15) is 0 Å². The summed E-state index contributed by atoms with van der Waals surface area (Å²) < 4.78 is 0. The number of carboxylic acid groups (broad SMARTS) is 1. The molecule has 0 bridgehead atoms. The number of rotatable bonds is 9. The molecule has 4 nitrogen and oxygen atoms in total. The van der Waals surface area contributed by atoms with E-state index >= 15 is 0 Å². The number of aliphatic hydroxyl groups excluding tert-OH is 1. The Morgan fingerprint density at radius 2 is 2.00 bits per heavy atom. The molecule has 0 spiro atoms. The number of unbranched alkanes of at least 4 members (excludes halogenated alkanes) is 1. The maximum Gasteiger partial charge on any atom is 0.303 e. The van der Waals surface area contributed by atoms with Crippen LogP contribution in [0.4, 0.5) is 0 Å². The van der Waals surface area contributed by atoms with Crippen molar-refractivity contribution in [1.29, 1.82) is 0 Å². The molecule has 0 amide bonds. The average Bonchev–Trinajstić information content (AvgIpc) is 3.17. The van der Waals surface area contributed by atoms with Crippen LogP contribution in [-0.4, -0.2) is 33.0 Å². The number of aliphatic hydroxyl groups is 2. The number of carboxylic acids is 1. The lowest BCUT2D eigenvalue weighted by atomic mass is 9.76. The molecule has 0 aliphatic heterocycles. The molecule has 0 aromatic heterocycles. The van der Waals surface area contributed by atoms with E-state index < -0.39 is 11.6 Å². The Bertz CT molecular complexity index is 585. The van der Waals surface area contributed by atoms with E-state index in [1.54, 1.807) is 0 Å². The lowest BCUT2D eigenvalue weighted by Crippen LogP contribution is -2.35. The van der Waals surface area contributed by atoms with Gasteiger partial charge in [-0.05, 0) is 76.0 Å². The topological polar surface area (TPSA) is 77.8 Å². The van der Waals surface area contributed by atoms with Crippen molar-refractivity contribution < 1.29 is 20.1 Å². The van der Waals surface area contributed by atoms with E-state index in [0.29, 0.717) is 24.2 Å². The van der Waals surface area contributed by atoms with Gasteiger partial charge in [0.2, 0.25) is 0 Å². The smallest absolute Gasteiger partial charge is 0.303 e. The summed E-state index contributed by atoms with van der Waals surface area (Å²) in [5.74, 6) is 0.797. The van der Waals surface area contributed by atoms with Crippen LogP contribution in [0, 0.1) is 23.7 Å². The Morgan fingerprint density at radius 1 is 1.25 bits per heavy atom. The first-order valence-electron chi connectivity index (χ1n) is 11.4. The molecule has 158 valence electrons. The standard InChI is InChI=1S/C24H38O4/c1-24(28,19-9-3-2-4-10-19)13-7-11-20-21-15-17(8-5-6-12-23(26)27)14-18(21)16-22(20)25/h7,11,14,18-22,25,28H,2-6,8-10,12-13,15-16H2,1H3,(H,26,27)/b11-7+/t18-,20-,21-,22+,24?/m0/s1. The number of hydrogen-bond acceptors (Lipinski definition) is 3. The fraction of sp³-hybridized carbons (Fsp3) is 0.792. The lowest BCUT2D eigenvalue weighted by Gasteiger charge is -2.35. The number of allylic oxidation sites excluding steroid dienone is 2. The molecule has 5 atom stereocenters. The Hall–Kier alpha value is -1.13. The zero-order valence-electron chi connectivity index (χ0n) is 17.4. The molecule has 4 heteroatoms. The number of carbonyl (C=O) groups is 1. The van der Waals surface area contributed by atoms with Crippen LogP contribution in [0.25, 0.3) is 0 Å². The predicted octanol–water partition coefficient (Wildman–Crippen LogP) is 4.85. The van der Waals surface area contributed by atoms with Crippen molar-refractivity contribution in [2.45, 2.75) is 95.7 Å². The Kier molecular flexibility index (Phi) is 7.38. The normalized spacial score (nSPS) is 33.0. The molecule has 2 fully saturated rings. The van der Waals surface area contributed by atoms with Gasteiger partial charge in [0.15, 0.2) is 0 Å². The van der Waals surface area contributed by atoms with Crippen molar-refractivity contribution in [2.75, 3.05) is 0 Å². The van der Waals surface area contributed by atoms with Crippen molar-refractivity contribution in [3.05, 3.63) is 23.8 Å². The van der Waals surface area contributed by atoms with Gasteiger partial charge in [-0.3, -0.25) is 4.79 Å². The van der Waals surface area contributed by atoms with Crippen LogP contribution in [0.3, 0.4) is 0 Å². The predicted molar refractivity (Wildman–Crippen MR) is 111 cm³/mol. The maximum absolute atomic E-state index is 10.9. The van der Waals surface area contributed by atoms with Gasteiger partial charge in [0.05, 0.1) is 11.7 Å². The van der Waals surface area contributed by atoms with Crippen LogP contribution in [0.2, 0.25) is 0 Å². The minimum absolute atomic E-state index is 0.180. The molecule has 3 N–H and O–H groups in total. The van der Waals surface area contributed by atoms with Gasteiger partial charge in [-0.25, -0.2) is 0 Å². The van der Waals surface area contributed by atoms with Crippen LogP contribution < -0.4 is 0 Å². The zero-order valence-corrected chi connectivity index (χ0v) is 17.4. The summed E-state index contributed by atoms with van der Waals surface area (Å²) in [6.45, 7) is 1.98. The summed E-state index contributed by atoms with van der Waals surface area (Å²) >= 11 is 0. The van der Waals surface area contributed by atoms with Crippen LogP contribution in [0.15, 0.2) is 23.8 Å². The summed E-state index contributed by atoms with van der Waals surface area (Å²) in [6.07, 6.45) is 17.8. The van der Waals surface area contributed by atoms with Crippen LogP contribution in [0.1, 0.15) is 84.0 Å². The third-order valence-corrected chi connectivity index (χ3v) is 7.46. The van der Waals surface area contributed by atoms with Crippen molar-refractivity contribution in [1.82, 2.24) is 0 Å². The van der Waals surface area contributed by atoms with Crippen LogP contribution >= 0.6 is 0 Å². The lowest BCUT2D eigenvalue weighted by molar-refractivity contribution is -0.137. The monoisotopic (exact) mass is 390 g/mol. The Balaban J connectivity index is 1.48. The molecule has 0 radical (unpaired) electrons. The highest BCUT2D eigenvalue weighted by atomic mass is 16.4. The van der Waals surface area contributed by atoms with Crippen LogP contribution in [0.5, 0.6) is 0 Å². The van der Waals surface area contributed by atoms with Gasteiger partial charge in [-0.2, -0.15) is 0 Å². The van der Waals surface area contributed by atoms with E-state index in [0.717, 1.165) is 44.9 Å². The molecule has 3 aliphatic rings. The highest BCUT2D eigenvalue weighted by Gasteiger charge is 2.43. The van der Waals surface area contributed by atoms with Gasteiger partial charge in [-0.1, -0.05) is 43.1 Å². The molecule has 0 aromatic carbocycles. The molecule has 3 rings (SSSR count). The van der Waals surface area contributed by atoms with Gasteiger partial charge in [0.25, 0.3) is 0 Å². The quantitative estimate of drug-likeness (QED) is 0.388. The molecular weight excluding hydrogens is 352 g/mol. The first-order chi connectivity index (χ1) is 13.4. The Morgan fingerprint density at radius 3 is 2.71 bits per heavy atom. The third-order valence-electron chi connectivity index (χ3n) is 7.46. The maximum atomic E-state index is 10.9. The second kappa shape index (κ2) is 9.58. The molecule has 28 heavy (non-hydrogen) atoms. The first-order valence-corrected chi connectivity index (χ1v) is 11.4. The minimum atomic E-state index is -0.713. The Labute approximate surface area is 169 Å². The van der Waals surface area contributed by atoms with E-state index in [-0.39, 0.29) is 18.4 Å². The molecule has 0 aromatic rings. The zero-order chi connectivity index (χ0) is 20.1. The van der Waals surface area contributed by atoms with Crippen LogP contribution in [-0.2, 0) is 4.79 Å². The number of aliphatic carboxylic acids is 1. The minimum Gasteiger partial charge on any atom is -0.481 e. The van der Waals surface area contributed by atoms with E-state index in [1.165, 1.54) is 24.8 Å². The first kappa shape index (κ1) is 21.6. The fourth-order valence-electron chi connectivity index (χ4n) is 5.77. The molecule has 0 saturated heterocycles. The van der Waals surface area contributed by atoms with Gasteiger partial charge < -0.3 is 15.3 Å². The third kappa shape index (κ3) is 5.48. The molecule has 1 unspecified atom stereocenters. The van der Waals surface area contributed by atoms with Gasteiger partial charge in [-0.15, -0.1) is 0 Å². The largest absolute Gasteiger partial charge is 0.481 e. The molecule has 3 aliphatic carbocycles. The molecule has 2 saturated carbocycles. The highest BCUT2D eigenvalue weighted by Crippen LogP contribution is 2.48. The second-order valence-corrected chi connectivity index (χ2v) is 9.66.